The Labute approximate surface area is 199 Å². The van der Waals surface area contributed by atoms with Crippen molar-refractivity contribution in [1.82, 2.24) is 14.5 Å². The summed E-state index contributed by atoms with van der Waals surface area (Å²) in [5.41, 5.74) is 0.364. The van der Waals surface area contributed by atoms with Gasteiger partial charge >= 0.3 is 0 Å². The topological polar surface area (TPSA) is 108 Å². The number of halogens is 1. The Balaban J connectivity index is 1.63. The number of methoxy groups -OCH3 is 1. The van der Waals surface area contributed by atoms with Crippen LogP contribution in [0.15, 0.2) is 40.5 Å². The number of nitrogens with zero attached hydrogens (tertiary/aromatic N) is 5. The minimum absolute atomic E-state index is 0.0919. The van der Waals surface area contributed by atoms with E-state index < -0.39 is 22.4 Å². The molecule has 180 valence electrons. The summed E-state index contributed by atoms with van der Waals surface area (Å²) in [7, 11) is 1.66. The van der Waals surface area contributed by atoms with E-state index in [1.54, 1.807) is 13.3 Å². The molecule has 5 rings (SSSR count). The summed E-state index contributed by atoms with van der Waals surface area (Å²) in [4.78, 5) is 9.02. The average Bonchev–Trinajstić information content (AvgIpc) is 3.20. The molecule has 1 atom stereocenters. The minimum atomic E-state index is -2.51. The van der Waals surface area contributed by atoms with E-state index in [4.69, 9.17) is 14.8 Å². The zero-order valence-corrected chi connectivity index (χ0v) is 20.1. The molecular formula is C23H26FN6O3S-. The van der Waals surface area contributed by atoms with Crippen molar-refractivity contribution in [2.75, 3.05) is 17.4 Å². The van der Waals surface area contributed by atoms with E-state index in [9.17, 15) is 13.2 Å². The van der Waals surface area contributed by atoms with Crippen LogP contribution in [0.5, 0.6) is 0 Å². The Hall–Kier alpha value is -3.05. The Kier molecular flexibility index (Phi) is 5.76. The monoisotopic (exact) mass is 485 g/mol. The maximum absolute atomic E-state index is 14.5. The number of anilines is 3. The fraction of sp³-hybridized carbons (Fsp3) is 0.435. The van der Waals surface area contributed by atoms with Crippen LogP contribution in [0.25, 0.3) is 11.0 Å². The first-order valence-electron chi connectivity index (χ1n) is 11.3. The van der Waals surface area contributed by atoms with E-state index in [1.807, 2.05) is 11.1 Å². The lowest BCUT2D eigenvalue weighted by Crippen LogP contribution is -2.50. The third-order valence-corrected chi connectivity index (χ3v) is 7.16. The van der Waals surface area contributed by atoms with Gasteiger partial charge in [-0.25, -0.2) is 14.4 Å². The number of fused-ring (bicyclic) bond motifs is 4. The van der Waals surface area contributed by atoms with Crippen LogP contribution in [-0.4, -0.2) is 42.3 Å². The van der Waals surface area contributed by atoms with E-state index in [0.717, 1.165) is 49.4 Å². The van der Waals surface area contributed by atoms with Gasteiger partial charge in [0, 0.05) is 22.5 Å². The Morgan fingerprint density at radius 2 is 2.00 bits per heavy atom. The maximum Gasteiger partial charge on any atom is 0.232 e. The van der Waals surface area contributed by atoms with Crippen molar-refractivity contribution >= 4 is 45.5 Å². The molecule has 1 fully saturated rings. The number of hydrazone groups is 1. The fourth-order valence-electron chi connectivity index (χ4n) is 4.97. The predicted octanol–water partition coefficient (Wildman–Crippen LogP) is 4.40. The standard InChI is InChI=1S/C23H27FN6O3S/c1-14(2)30-19-11-15-13-25-22(26-18-8-7-16(34(31)32)12-17(18)24)27-20(15)29(19)23(21(28-30)33-3)9-5-4-6-10-23/h7-8,11-14H,4-6,9-10H2,1-3H3,(H,31,32)(H,25,26,27)/p-1. The maximum atomic E-state index is 14.5. The largest absolute Gasteiger partial charge is 0.768 e. The Morgan fingerprint density at radius 1 is 1.24 bits per heavy atom. The minimum Gasteiger partial charge on any atom is -0.768 e. The van der Waals surface area contributed by atoms with E-state index in [0.29, 0.717) is 11.5 Å². The number of benzene rings is 1. The molecule has 1 spiro atoms. The van der Waals surface area contributed by atoms with Crippen LogP contribution >= 0.6 is 0 Å². The van der Waals surface area contributed by atoms with Crippen molar-refractivity contribution in [2.45, 2.75) is 62.4 Å². The normalized spacial score (nSPS) is 18.2. The van der Waals surface area contributed by atoms with Gasteiger partial charge in [-0.15, -0.1) is 5.10 Å². The summed E-state index contributed by atoms with van der Waals surface area (Å²) in [5, 5.41) is 10.6. The molecule has 2 aromatic heterocycles. The van der Waals surface area contributed by atoms with Gasteiger partial charge in [-0.3, -0.25) is 8.78 Å². The molecule has 11 heteroatoms. The van der Waals surface area contributed by atoms with Crippen LogP contribution in [0.2, 0.25) is 0 Å². The van der Waals surface area contributed by atoms with E-state index in [-0.39, 0.29) is 22.6 Å². The Morgan fingerprint density at radius 3 is 2.65 bits per heavy atom. The molecule has 3 heterocycles. The summed E-state index contributed by atoms with van der Waals surface area (Å²) < 4.78 is 44.8. The summed E-state index contributed by atoms with van der Waals surface area (Å²) in [6.07, 6.45) is 6.74. The van der Waals surface area contributed by atoms with Gasteiger partial charge in [-0.05, 0) is 62.0 Å². The summed E-state index contributed by atoms with van der Waals surface area (Å²) in [6, 6.07) is 5.77. The molecule has 0 saturated heterocycles. The van der Waals surface area contributed by atoms with Crippen LogP contribution in [0.1, 0.15) is 46.0 Å². The highest BCUT2D eigenvalue weighted by Gasteiger charge is 2.47. The smallest absolute Gasteiger partial charge is 0.232 e. The van der Waals surface area contributed by atoms with Crippen LogP contribution in [0, 0.1) is 5.82 Å². The molecule has 1 aromatic carbocycles. The second-order valence-electron chi connectivity index (χ2n) is 8.95. The van der Waals surface area contributed by atoms with Crippen molar-refractivity contribution in [3.05, 3.63) is 36.3 Å². The second kappa shape index (κ2) is 8.62. The first-order valence-corrected chi connectivity index (χ1v) is 12.4. The van der Waals surface area contributed by atoms with Crippen molar-refractivity contribution < 1.29 is 17.9 Å². The molecule has 1 N–H and O–H groups in total. The molecule has 0 amide bonds. The highest BCUT2D eigenvalue weighted by atomic mass is 32.2. The van der Waals surface area contributed by atoms with E-state index in [2.05, 4.69) is 28.7 Å². The number of hydrogen-bond acceptors (Lipinski definition) is 8. The molecule has 0 radical (unpaired) electrons. The van der Waals surface area contributed by atoms with Gasteiger partial charge in [0.2, 0.25) is 11.8 Å². The SMILES string of the molecule is COC1=NN(C(C)C)c2cc3cnc(Nc4ccc(S(=O)[O-])cc4F)nc3n2C12CCCCC2. The van der Waals surface area contributed by atoms with Gasteiger partial charge in [-0.2, -0.15) is 4.98 Å². The molecule has 34 heavy (non-hydrogen) atoms. The molecule has 2 aliphatic rings. The highest BCUT2D eigenvalue weighted by molar-refractivity contribution is 7.79. The van der Waals surface area contributed by atoms with E-state index in [1.165, 1.54) is 12.1 Å². The molecular weight excluding hydrogens is 459 g/mol. The van der Waals surface area contributed by atoms with Gasteiger partial charge in [-0.1, -0.05) is 19.3 Å². The lowest BCUT2D eigenvalue weighted by atomic mass is 9.80. The van der Waals surface area contributed by atoms with E-state index >= 15 is 0 Å². The number of rotatable bonds is 4. The lowest BCUT2D eigenvalue weighted by molar-refractivity contribution is 0.219. The molecule has 9 nitrogen and oxygen atoms in total. The number of aromatic nitrogens is 3. The molecule has 1 unspecified atom stereocenters. The van der Waals surface area contributed by atoms with Gasteiger partial charge in [0.05, 0.1) is 12.8 Å². The summed E-state index contributed by atoms with van der Waals surface area (Å²) >= 11 is -2.51. The quantitative estimate of drug-likeness (QED) is 0.546. The second-order valence-corrected chi connectivity index (χ2v) is 9.89. The van der Waals surface area contributed by atoms with Crippen LogP contribution in [-0.2, 0) is 21.4 Å². The van der Waals surface area contributed by atoms with Crippen molar-refractivity contribution in [3.8, 4) is 0 Å². The fourth-order valence-corrected chi connectivity index (χ4v) is 5.35. The molecule has 1 aliphatic heterocycles. The van der Waals surface area contributed by atoms with Crippen LogP contribution < -0.4 is 10.3 Å². The zero-order chi connectivity index (χ0) is 24.0. The third-order valence-electron chi connectivity index (χ3n) is 6.52. The average molecular weight is 486 g/mol. The highest BCUT2D eigenvalue weighted by Crippen LogP contribution is 2.46. The van der Waals surface area contributed by atoms with Gasteiger partial charge in [0.25, 0.3) is 0 Å². The Bertz CT molecular complexity index is 1300. The molecule has 1 saturated carbocycles. The zero-order valence-electron chi connectivity index (χ0n) is 19.2. The molecule has 3 aromatic rings. The van der Waals surface area contributed by atoms with Gasteiger partial charge in [0.1, 0.15) is 22.8 Å². The van der Waals surface area contributed by atoms with Crippen LogP contribution in [0.4, 0.5) is 21.8 Å². The van der Waals surface area contributed by atoms with Crippen molar-refractivity contribution in [1.29, 1.82) is 0 Å². The summed E-state index contributed by atoms with van der Waals surface area (Å²) in [6.45, 7) is 4.13. The van der Waals surface area contributed by atoms with Crippen molar-refractivity contribution in [2.24, 2.45) is 5.10 Å². The predicted molar refractivity (Wildman–Crippen MR) is 128 cm³/mol. The first kappa shape index (κ1) is 22.7. The number of ether oxygens (including phenoxy) is 1. The van der Waals surface area contributed by atoms with Crippen LogP contribution in [0.3, 0.4) is 0 Å². The lowest BCUT2D eigenvalue weighted by Gasteiger charge is -2.44. The molecule has 1 aliphatic carbocycles. The van der Waals surface area contributed by atoms with Gasteiger partial charge < -0.3 is 14.6 Å². The number of nitrogens with one attached hydrogen (secondary N) is 1. The number of hydrogen-bond donors (Lipinski definition) is 1. The molecule has 0 bridgehead atoms. The first-order chi connectivity index (χ1) is 16.3. The third kappa shape index (κ3) is 3.63. The summed E-state index contributed by atoms with van der Waals surface area (Å²) in [5.74, 6) is 1.11. The van der Waals surface area contributed by atoms with Crippen molar-refractivity contribution in [3.63, 3.8) is 0 Å². The van der Waals surface area contributed by atoms with Gasteiger partial charge in [0.15, 0.2) is 0 Å².